The number of rotatable bonds is 9. The van der Waals surface area contributed by atoms with Crippen LogP contribution in [0.15, 0.2) is 60.7 Å². The molecule has 6 heteroatoms. The molecule has 1 amide bonds. The van der Waals surface area contributed by atoms with Crippen LogP contribution in [-0.4, -0.2) is 37.1 Å². The van der Waals surface area contributed by atoms with Gasteiger partial charge in [0.05, 0.1) is 12.8 Å². The van der Waals surface area contributed by atoms with Crippen LogP contribution >= 0.6 is 0 Å². The molecule has 3 N–H and O–H groups in total. The fourth-order valence-electron chi connectivity index (χ4n) is 4.22. The maximum atomic E-state index is 12.9. The molecule has 0 aliphatic heterocycles. The van der Waals surface area contributed by atoms with Crippen LogP contribution in [-0.2, 0) is 6.42 Å². The number of hydrogen-bond donors (Lipinski definition) is 3. The fourth-order valence-corrected chi connectivity index (χ4v) is 4.22. The SMILES string of the molecule is COc1ccccc1-c1ccc(NC(=O)c2ccc(NCCCCO)cc2)c2c1CCC2=O. The highest BCUT2D eigenvalue weighted by molar-refractivity contribution is 6.12. The lowest BCUT2D eigenvalue weighted by Gasteiger charge is -2.15. The summed E-state index contributed by atoms with van der Waals surface area (Å²) in [5.74, 6) is 0.536. The van der Waals surface area contributed by atoms with Gasteiger partial charge in [0.25, 0.3) is 5.91 Å². The Kier molecular flexibility index (Phi) is 7.05. The summed E-state index contributed by atoms with van der Waals surface area (Å²) in [6.07, 6.45) is 2.71. The number of fused-ring (bicyclic) bond motifs is 1. The number of nitrogens with one attached hydrogen (secondary N) is 2. The van der Waals surface area contributed by atoms with Crippen molar-refractivity contribution in [3.05, 3.63) is 77.4 Å². The summed E-state index contributed by atoms with van der Waals surface area (Å²) in [6.45, 7) is 0.950. The molecule has 3 aromatic rings. The Labute approximate surface area is 193 Å². The Morgan fingerprint density at radius 1 is 0.970 bits per heavy atom. The van der Waals surface area contributed by atoms with E-state index in [1.165, 1.54) is 0 Å². The standard InChI is InChI=1S/C27H28N2O4/c1-33-25-7-3-2-6-21(25)20-12-14-23(26-22(20)13-15-24(26)31)29-27(32)18-8-10-19(11-9-18)28-16-4-5-17-30/h2-3,6-12,14,28,30H,4-5,13,15-17H2,1H3,(H,29,32). The summed E-state index contributed by atoms with van der Waals surface area (Å²) in [5.41, 5.74) is 5.42. The second-order valence-electron chi connectivity index (χ2n) is 8.03. The first-order valence-corrected chi connectivity index (χ1v) is 11.2. The van der Waals surface area contributed by atoms with Crippen LogP contribution in [0.25, 0.3) is 11.1 Å². The minimum Gasteiger partial charge on any atom is -0.496 e. The van der Waals surface area contributed by atoms with E-state index in [0.29, 0.717) is 29.7 Å². The molecule has 0 fully saturated rings. The van der Waals surface area contributed by atoms with Crippen molar-refractivity contribution < 1.29 is 19.4 Å². The number of carbonyl (C=O) groups excluding carboxylic acids is 2. The van der Waals surface area contributed by atoms with Crippen molar-refractivity contribution in [2.24, 2.45) is 0 Å². The first-order valence-electron chi connectivity index (χ1n) is 11.2. The van der Waals surface area contributed by atoms with E-state index in [2.05, 4.69) is 10.6 Å². The zero-order valence-corrected chi connectivity index (χ0v) is 18.7. The molecule has 4 rings (SSSR count). The predicted molar refractivity (Wildman–Crippen MR) is 130 cm³/mol. The third kappa shape index (κ3) is 4.91. The molecule has 0 bridgehead atoms. The lowest BCUT2D eigenvalue weighted by molar-refractivity contribution is 0.0995. The minimum absolute atomic E-state index is 0.0412. The molecule has 0 heterocycles. The quantitative estimate of drug-likeness (QED) is 0.408. The Morgan fingerprint density at radius 3 is 2.52 bits per heavy atom. The van der Waals surface area contributed by atoms with Crippen LogP contribution < -0.4 is 15.4 Å². The Hall–Kier alpha value is -3.64. The molecular formula is C27H28N2O4. The molecule has 0 saturated carbocycles. The number of aliphatic hydroxyl groups is 1. The molecule has 0 aromatic heterocycles. The molecular weight excluding hydrogens is 416 g/mol. The lowest BCUT2D eigenvalue weighted by Crippen LogP contribution is -2.14. The van der Waals surface area contributed by atoms with Gasteiger partial charge in [-0.15, -0.1) is 0 Å². The third-order valence-corrected chi connectivity index (χ3v) is 5.90. The van der Waals surface area contributed by atoms with Crippen LogP contribution in [0.4, 0.5) is 11.4 Å². The Balaban J connectivity index is 1.55. The summed E-state index contributed by atoms with van der Waals surface area (Å²) in [6, 6.07) is 18.7. The number of ether oxygens (including phenoxy) is 1. The number of Topliss-reactive ketones (excluding diaryl/α,β-unsaturated/α-hetero) is 1. The zero-order valence-electron chi connectivity index (χ0n) is 18.7. The van der Waals surface area contributed by atoms with Crippen molar-refractivity contribution >= 4 is 23.1 Å². The van der Waals surface area contributed by atoms with Gasteiger partial charge in [-0.3, -0.25) is 9.59 Å². The van der Waals surface area contributed by atoms with Crippen molar-refractivity contribution in [3.8, 4) is 16.9 Å². The highest BCUT2D eigenvalue weighted by Gasteiger charge is 2.27. The van der Waals surface area contributed by atoms with Crippen molar-refractivity contribution in [1.82, 2.24) is 0 Å². The minimum atomic E-state index is -0.256. The van der Waals surface area contributed by atoms with Crippen molar-refractivity contribution in [3.63, 3.8) is 0 Å². The number of unbranched alkanes of at least 4 members (excludes halogenated alkanes) is 1. The smallest absolute Gasteiger partial charge is 0.255 e. The summed E-state index contributed by atoms with van der Waals surface area (Å²) in [4.78, 5) is 25.6. The van der Waals surface area contributed by atoms with E-state index >= 15 is 0 Å². The van der Waals surface area contributed by atoms with Crippen LogP contribution in [0, 0.1) is 0 Å². The number of hydrogen-bond acceptors (Lipinski definition) is 5. The van der Waals surface area contributed by atoms with Gasteiger partial charge in [0.1, 0.15) is 5.75 Å². The zero-order chi connectivity index (χ0) is 23.2. The van der Waals surface area contributed by atoms with Crippen molar-refractivity contribution in [2.75, 3.05) is 30.9 Å². The van der Waals surface area contributed by atoms with Crippen LogP contribution in [0.5, 0.6) is 5.75 Å². The van der Waals surface area contributed by atoms with Gasteiger partial charge in [-0.2, -0.15) is 0 Å². The Bertz CT molecular complexity index is 1160. The van der Waals surface area contributed by atoms with E-state index in [-0.39, 0.29) is 18.3 Å². The molecule has 0 atom stereocenters. The predicted octanol–water partition coefficient (Wildman–Crippen LogP) is 4.93. The van der Waals surface area contributed by atoms with Crippen molar-refractivity contribution in [2.45, 2.75) is 25.7 Å². The van der Waals surface area contributed by atoms with E-state index in [0.717, 1.165) is 47.5 Å². The number of methoxy groups -OCH3 is 1. The molecule has 3 aromatic carbocycles. The molecule has 0 spiro atoms. The maximum absolute atomic E-state index is 12.9. The second-order valence-corrected chi connectivity index (χ2v) is 8.03. The molecule has 33 heavy (non-hydrogen) atoms. The molecule has 0 radical (unpaired) electrons. The van der Waals surface area contributed by atoms with E-state index < -0.39 is 0 Å². The third-order valence-electron chi connectivity index (χ3n) is 5.90. The monoisotopic (exact) mass is 444 g/mol. The van der Waals surface area contributed by atoms with Crippen LogP contribution in [0.2, 0.25) is 0 Å². The number of carbonyl (C=O) groups is 2. The van der Waals surface area contributed by atoms with Crippen LogP contribution in [0.3, 0.4) is 0 Å². The summed E-state index contributed by atoms with van der Waals surface area (Å²) >= 11 is 0. The first-order chi connectivity index (χ1) is 16.1. The second kappa shape index (κ2) is 10.3. The molecule has 1 aliphatic rings. The van der Waals surface area contributed by atoms with E-state index in [1.807, 2.05) is 42.5 Å². The highest BCUT2D eigenvalue weighted by atomic mass is 16.5. The molecule has 6 nitrogen and oxygen atoms in total. The van der Waals surface area contributed by atoms with Gasteiger partial charge in [-0.05, 0) is 66.8 Å². The largest absolute Gasteiger partial charge is 0.496 e. The maximum Gasteiger partial charge on any atom is 0.255 e. The van der Waals surface area contributed by atoms with Crippen LogP contribution in [0.1, 0.15) is 45.5 Å². The number of anilines is 2. The number of amides is 1. The summed E-state index contributed by atoms with van der Waals surface area (Å²) in [5, 5.41) is 15.1. The van der Waals surface area contributed by atoms with Gasteiger partial charge in [0, 0.05) is 42.0 Å². The topological polar surface area (TPSA) is 87.7 Å². The summed E-state index contributed by atoms with van der Waals surface area (Å²) < 4.78 is 5.51. The van der Waals surface area contributed by atoms with E-state index in [4.69, 9.17) is 9.84 Å². The van der Waals surface area contributed by atoms with Gasteiger partial charge >= 0.3 is 0 Å². The fraction of sp³-hybridized carbons (Fsp3) is 0.259. The van der Waals surface area contributed by atoms with Gasteiger partial charge in [0.2, 0.25) is 0 Å². The van der Waals surface area contributed by atoms with E-state index in [1.54, 1.807) is 25.3 Å². The molecule has 0 unspecified atom stereocenters. The number of para-hydroxylation sites is 1. The highest BCUT2D eigenvalue weighted by Crippen LogP contribution is 2.40. The van der Waals surface area contributed by atoms with Gasteiger partial charge in [-0.25, -0.2) is 0 Å². The number of ketones is 1. The average molecular weight is 445 g/mol. The van der Waals surface area contributed by atoms with Crippen molar-refractivity contribution in [1.29, 1.82) is 0 Å². The average Bonchev–Trinajstić information content (AvgIpc) is 3.24. The normalized spacial score (nSPS) is 12.4. The van der Waals surface area contributed by atoms with Gasteiger partial charge in [-0.1, -0.05) is 24.3 Å². The lowest BCUT2D eigenvalue weighted by atomic mass is 9.95. The molecule has 1 aliphatic carbocycles. The van der Waals surface area contributed by atoms with Gasteiger partial charge < -0.3 is 20.5 Å². The number of benzene rings is 3. The summed E-state index contributed by atoms with van der Waals surface area (Å²) in [7, 11) is 1.63. The molecule has 0 saturated heterocycles. The Morgan fingerprint density at radius 2 is 1.76 bits per heavy atom. The van der Waals surface area contributed by atoms with E-state index in [9.17, 15) is 9.59 Å². The number of aliphatic hydroxyl groups excluding tert-OH is 1. The first kappa shape index (κ1) is 22.6. The molecule has 170 valence electrons. The van der Waals surface area contributed by atoms with Gasteiger partial charge in [0.15, 0.2) is 5.78 Å².